The zero-order valence-electron chi connectivity index (χ0n) is 7.03. The van der Waals surface area contributed by atoms with E-state index in [1.165, 1.54) is 6.08 Å². The van der Waals surface area contributed by atoms with E-state index in [4.69, 9.17) is 0 Å². The van der Waals surface area contributed by atoms with Crippen molar-refractivity contribution in [1.29, 1.82) is 0 Å². The van der Waals surface area contributed by atoms with Crippen LogP contribution < -0.4 is 0 Å². The zero-order chi connectivity index (χ0) is 9.84. The minimum Gasteiger partial charge on any atom is -0.259 e. The van der Waals surface area contributed by atoms with Crippen molar-refractivity contribution >= 4 is 22.0 Å². The van der Waals surface area contributed by atoms with Crippen LogP contribution in [0.1, 0.15) is 11.1 Å². The number of nitro groups is 1. The molecule has 13 heavy (non-hydrogen) atoms. The van der Waals surface area contributed by atoms with Crippen molar-refractivity contribution in [2.75, 3.05) is 0 Å². The monoisotopic (exact) mass is 241 g/mol. The Kier molecular flexibility index (Phi) is 3.19. The van der Waals surface area contributed by atoms with E-state index < -0.39 is 4.92 Å². The van der Waals surface area contributed by atoms with Gasteiger partial charge in [0.2, 0.25) is 6.20 Å². The Labute approximate surface area is 84.4 Å². The molecule has 0 spiro atoms. The van der Waals surface area contributed by atoms with Gasteiger partial charge in [0.05, 0.1) is 4.92 Å². The highest BCUT2D eigenvalue weighted by atomic mass is 79.9. The molecule has 0 saturated carbocycles. The second-order valence-corrected chi connectivity index (χ2v) is 3.41. The summed E-state index contributed by atoms with van der Waals surface area (Å²) in [5, 5.41) is 10.1. The fraction of sp³-hybridized carbons (Fsp3) is 0.111. The van der Waals surface area contributed by atoms with E-state index in [0.717, 1.165) is 21.8 Å². The third kappa shape index (κ3) is 2.66. The van der Waals surface area contributed by atoms with E-state index in [0.29, 0.717) is 0 Å². The minimum atomic E-state index is -0.472. The summed E-state index contributed by atoms with van der Waals surface area (Å²) in [4.78, 5) is 9.60. The summed E-state index contributed by atoms with van der Waals surface area (Å²) in [6.07, 6.45) is 2.43. The first-order valence-corrected chi connectivity index (χ1v) is 4.47. The van der Waals surface area contributed by atoms with Crippen molar-refractivity contribution in [2.45, 2.75) is 6.92 Å². The molecule has 0 bridgehead atoms. The maximum atomic E-state index is 10.1. The fourth-order valence-corrected chi connectivity index (χ4v) is 1.33. The van der Waals surface area contributed by atoms with Crippen LogP contribution in [0.2, 0.25) is 0 Å². The van der Waals surface area contributed by atoms with E-state index >= 15 is 0 Å². The maximum Gasteiger partial charge on any atom is 0.235 e. The summed E-state index contributed by atoms with van der Waals surface area (Å²) in [6.45, 7) is 1.91. The lowest BCUT2D eigenvalue weighted by Gasteiger charge is -2.00. The summed E-state index contributed by atoms with van der Waals surface area (Å²) >= 11 is 3.35. The van der Waals surface area contributed by atoms with Crippen molar-refractivity contribution in [3.05, 3.63) is 50.1 Å². The van der Waals surface area contributed by atoms with Crippen LogP contribution in [0.3, 0.4) is 0 Å². The van der Waals surface area contributed by atoms with Crippen molar-refractivity contribution in [1.82, 2.24) is 0 Å². The van der Waals surface area contributed by atoms with Crippen LogP contribution in [0.15, 0.2) is 28.9 Å². The Bertz CT molecular complexity index is 361. The van der Waals surface area contributed by atoms with E-state index in [9.17, 15) is 10.1 Å². The fourth-order valence-electron chi connectivity index (χ4n) is 0.946. The van der Waals surface area contributed by atoms with E-state index in [2.05, 4.69) is 15.9 Å². The second-order valence-electron chi connectivity index (χ2n) is 2.56. The number of halogens is 1. The molecule has 0 atom stereocenters. The summed E-state index contributed by atoms with van der Waals surface area (Å²) < 4.78 is 0.956. The normalized spacial score (nSPS) is 10.6. The van der Waals surface area contributed by atoms with Crippen LogP contribution in [0.25, 0.3) is 6.08 Å². The quantitative estimate of drug-likeness (QED) is 0.590. The lowest BCUT2D eigenvalue weighted by atomic mass is 10.1. The molecule has 1 aromatic rings. The molecule has 4 heteroatoms. The van der Waals surface area contributed by atoms with E-state index in [-0.39, 0.29) is 0 Å². The van der Waals surface area contributed by atoms with Gasteiger partial charge in [0.25, 0.3) is 0 Å². The Morgan fingerprint density at radius 1 is 1.54 bits per heavy atom. The molecule has 3 nitrogen and oxygen atoms in total. The SMILES string of the molecule is Cc1c(Br)cccc1/C=C/[N+](=O)[O-]. The molecule has 0 fully saturated rings. The third-order valence-corrected chi connectivity index (χ3v) is 2.54. The molecule has 0 amide bonds. The summed E-state index contributed by atoms with van der Waals surface area (Å²) in [5.74, 6) is 0. The largest absolute Gasteiger partial charge is 0.259 e. The first-order chi connectivity index (χ1) is 6.11. The van der Waals surface area contributed by atoms with Gasteiger partial charge in [-0.3, -0.25) is 10.1 Å². The molecule has 68 valence electrons. The lowest BCUT2D eigenvalue weighted by molar-refractivity contribution is -0.400. The van der Waals surface area contributed by atoms with E-state index in [1.54, 1.807) is 0 Å². The summed E-state index contributed by atoms with van der Waals surface area (Å²) in [6, 6.07) is 5.58. The van der Waals surface area contributed by atoms with Gasteiger partial charge in [0, 0.05) is 10.5 Å². The number of benzene rings is 1. The van der Waals surface area contributed by atoms with Gasteiger partial charge in [0.15, 0.2) is 0 Å². The highest BCUT2D eigenvalue weighted by Gasteiger charge is 1.98. The molecule has 0 aliphatic rings. The van der Waals surface area contributed by atoms with Gasteiger partial charge in [0.1, 0.15) is 0 Å². The van der Waals surface area contributed by atoms with Crippen LogP contribution >= 0.6 is 15.9 Å². The predicted molar refractivity (Wildman–Crippen MR) is 54.9 cm³/mol. The van der Waals surface area contributed by atoms with Crippen LogP contribution in [-0.4, -0.2) is 4.92 Å². The number of nitrogens with zero attached hydrogens (tertiary/aromatic N) is 1. The molecule has 0 aliphatic heterocycles. The van der Waals surface area contributed by atoms with Gasteiger partial charge in [-0.25, -0.2) is 0 Å². The Morgan fingerprint density at radius 2 is 2.23 bits per heavy atom. The van der Waals surface area contributed by atoms with Crippen LogP contribution in [-0.2, 0) is 0 Å². The Balaban J connectivity index is 3.02. The average molecular weight is 242 g/mol. The van der Waals surface area contributed by atoms with Gasteiger partial charge in [-0.05, 0) is 24.1 Å². The highest BCUT2D eigenvalue weighted by molar-refractivity contribution is 9.10. The standard InChI is InChI=1S/C9H8BrNO2/c1-7-8(5-6-11(12)13)3-2-4-9(7)10/h2-6H,1H3/b6-5+. The maximum absolute atomic E-state index is 10.1. The van der Waals surface area contributed by atoms with E-state index in [1.807, 2.05) is 25.1 Å². The molecule has 1 aromatic carbocycles. The molecular weight excluding hydrogens is 234 g/mol. The Morgan fingerprint density at radius 3 is 2.85 bits per heavy atom. The average Bonchev–Trinajstić information content (AvgIpc) is 2.07. The minimum absolute atomic E-state index is 0.472. The molecule has 1 rings (SSSR count). The Hall–Kier alpha value is -1.16. The topological polar surface area (TPSA) is 43.1 Å². The molecule has 0 saturated heterocycles. The molecule has 0 heterocycles. The van der Waals surface area contributed by atoms with Gasteiger partial charge in [-0.2, -0.15) is 0 Å². The van der Waals surface area contributed by atoms with Crippen LogP contribution in [0, 0.1) is 17.0 Å². The molecule has 0 radical (unpaired) electrons. The van der Waals surface area contributed by atoms with Gasteiger partial charge in [-0.1, -0.05) is 28.1 Å². The number of rotatable bonds is 2. The van der Waals surface area contributed by atoms with Gasteiger partial charge >= 0.3 is 0 Å². The molecular formula is C9H8BrNO2. The molecule has 0 N–H and O–H groups in total. The first-order valence-electron chi connectivity index (χ1n) is 3.68. The van der Waals surface area contributed by atoms with Crippen LogP contribution in [0.4, 0.5) is 0 Å². The summed E-state index contributed by atoms with van der Waals surface area (Å²) in [7, 11) is 0. The number of hydrogen-bond donors (Lipinski definition) is 0. The van der Waals surface area contributed by atoms with Crippen molar-refractivity contribution in [3.63, 3.8) is 0 Å². The molecule has 0 aromatic heterocycles. The lowest BCUT2D eigenvalue weighted by Crippen LogP contribution is -1.85. The van der Waals surface area contributed by atoms with Crippen molar-refractivity contribution < 1.29 is 4.92 Å². The second kappa shape index (κ2) is 4.18. The van der Waals surface area contributed by atoms with Crippen molar-refractivity contribution in [2.24, 2.45) is 0 Å². The molecule has 0 aliphatic carbocycles. The zero-order valence-corrected chi connectivity index (χ0v) is 8.61. The van der Waals surface area contributed by atoms with Crippen molar-refractivity contribution in [3.8, 4) is 0 Å². The van der Waals surface area contributed by atoms with Crippen LogP contribution in [0.5, 0.6) is 0 Å². The van der Waals surface area contributed by atoms with Gasteiger partial charge < -0.3 is 0 Å². The number of hydrogen-bond acceptors (Lipinski definition) is 2. The summed E-state index contributed by atoms with van der Waals surface area (Å²) in [5.41, 5.74) is 1.85. The smallest absolute Gasteiger partial charge is 0.235 e. The van der Waals surface area contributed by atoms with Gasteiger partial charge in [-0.15, -0.1) is 0 Å². The predicted octanol–water partition coefficient (Wildman–Crippen LogP) is 3.00. The molecule has 0 unspecified atom stereocenters. The first kappa shape index (κ1) is 9.92. The third-order valence-electron chi connectivity index (χ3n) is 1.69. The highest BCUT2D eigenvalue weighted by Crippen LogP contribution is 2.20.